The predicted octanol–water partition coefficient (Wildman–Crippen LogP) is 15.3. The van der Waals surface area contributed by atoms with E-state index in [1.165, 1.54) is 51.4 Å². The number of carbonyl (C=O) groups is 3. The summed E-state index contributed by atoms with van der Waals surface area (Å²) in [5.41, 5.74) is 0. The SMILES string of the molecule is CC/C=C\C/C=C\C/C=C\C/C=C\CCC(=O)OC(COC(=O)CCCCCCC/C=C\C/C=C\CCC)COC(=O)CCCCCCC/C=C\CCCCCCC. The van der Waals surface area contributed by atoms with Crippen LogP contribution in [0.3, 0.4) is 0 Å². The smallest absolute Gasteiger partial charge is 0.306 e. The Morgan fingerprint density at radius 1 is 0.362 bits per heavy atom. The van der Waals surface area contributed by atoms with E-state index in [9.17, 15) is 14.4 Å². The third kappa shape index (κ3) is 43.7. The van der Waals surface area contributed by atoms with Crippen LogP contribution in [-0.4, -0.2) is 37.2 Å². The van der Waals surface area contributed by atoms with E-state index in [1.807, 2.05) is 12.2 Å². The highest BCUT2D eigenvalue weighted by molar-refractivity contribution is 5.71. The lowest BCUT2D eigenvalue weighted by Crippen LogP contribution is -2.30. The van der Waals surface area contributed by atoms with Crippen LogP contribution in [0.1, 0.15) is 207 Å². The summed E-state index contributed by atoms with van der Waals surface area (Å²) in [5, 5.41) is 0. The Hall–Kier alpha value is -3.41. The van der Waals surface area contributed by atoms with Crippen molar-refractivity contribution in [3.05, 3.63) is 85.1 Å². The largest absolute Gasteiger partial charge is 0.462 e. The fourth-order valence-corrected chi connectivity index (χ4v) is 6.07. The molecule has 0 saturated carbocycles. The molecule has 0 spiro atoms. The Balaban J connectivity index is 4.52. The molecule has 0 heterocycles. The molecule has 6 nitrogen and oxygen atoms in total. The van der Waals surface area contributed by atoms with E-state index in [0.29, 0.717) is 19.3 Å². The maximum atomic E-state index is 12.7. The molecule has 0 aliphatic rings. The van der Waals surface area contributed by atoms with Gasteiger partial charge < -0.3 is 14.2 Å². The summed E-state index contributed by atoms with van der Waals surface area (Å²) in [5.74, 6) is -1.03. The van der Waals surface area contributed by atoms with Crippen molar-refractivity contribution in [3.63, 3.8) is 0 Å². The summed E-state index contributed by atoms with van der Waals surface area (Å²) in [7, 11) is 0. The molecule has 0 bridgehead atoms. The molecular formula is C52H86O6. The van der Waals surface area contributed by atoms with Crippen molar-refractivity contribution < 1.29 is 28.6 Å². The first kappa shape index (κ1) is 54.6. The molecule has 0 saturated heterocycles. The Morgan fingerprint density at radius 2 is 0.741 bits per heavy atom. The van der Waals surface area contributed by atoms with E-state index in [2.05, 4.69) is 93.7 Å². The average Bonchev–Trinajstić information content (AvgIpc) is 3.22. The van der Waals surface area contributed by atoms with Crippen LogP contribution in [0.25, 0.3) is 0 Å². The second-order valence-electron chi connectivity index (χ2n) is 15.3. The first-order chi connectivity index (χ1) is 28.5. The Bertz CT molecular complexity index is 1160. The summed E-state index contributed by atoms with van der Waals surface area (Å²) in [4.78, 5) is 37.8. The minimum absolute atomic E-state index is 0.115. The molecule has 0 aromatic carbocycles. The van der Waals surface area contributed by atoms with Gasteiger partial charge in [0.15, 0.2) is 6.10 Å². The van der Waals surface area contributed by atoms with E-state index in [1.54, 1.807) is 0 Å². The molecule has 0 aromatic rings. The van der Waals surface area contributed by atoms with E-state index in [0.717, 1.165) is 109 Å². The minimum atomic E-state index is -0.822. The highest BCUT2D eigenvalue weighted by Crippen LogP contribution is 2.12. The Labute approximate surface area is 356 Å². The van der Waals surface area contributed by atoms with Crippen molar-refractivity contribution in [1.82, 2.24) is 0 Å². The van der Waals surface area contributed by atoms with Crippen LogP contribution >= 0.6 is 0 Å². The molecule has 330 valence electrons. The molecule has 58 heavy (non-hydrogen) atoms. The van der Waals surface area contributed by atoms with Gasteiger partial charge in [0.25, 0.3) is 0 Å². The van der Waals surface area contributed by atoms with Gasteiger partial charge in [-0.3, -0.25) is 14.4 Å². The maximum Gasteiger partial charge on any atom is 0.306 e. The third-order valence-corrected chi connectivity index (χ3v) is 9.60. The first-order valence-electron chi connectivity index (χ1n) is 23.6. The lowest BCUT2D eigenvalue weighted by Gasteiger charge is -2.18. The van der Waals surface area contributed by atoms with Gasteiger partial charge in [0.05, 0.1) is 0 Å². The number of unbranched alkanes of at least 4 members (excludes halogenated alkanes) is 16. The minimum Gasteiger partial charge on any atom is -0.462 e. The van der Waals surface area contributed by atoms with E-state index >= 15 is 0 Å². The van der Waals surface area contributed by atoms with Gasteiger partial charge in [0, 0.05) is 19.3 Å². The van der Waals surface area contributed by atoms with Crippen LogP contribution in [0, 0.1) is 0 Å². The van der Waals surface area contributed by atoms with Gasteiger partial charge in [-0.05, 0) is 96.3 Å². The number of hydrogen-bond acceptors (Lipinski definition) is 6. The van der Waals surface area contributed by atoms with Crippen molar-refractivity contribution in [2.24, 2.45) is 0 Å². The molecule has 0 rings (SSSR count). The lowest BCUT2D eigenvalue weighted by atomic mass is 10.1. The zero-order valence-electron chi connectivity index (χ0n) is 37.5. The Morgan fingerprint density at radius 3 is 1.21 bits per heavy atom. The van der Waals surface area contributed by atoms with Crippen molar-refractivity contribution in [3.8, 4) is 0 Å². The second-order valence-corrected chi connectivity index (χ2v) is 15.3. The molecular weight excluding hydrogens is 721 g/mol. The molecule has 0 aliphatic carbocycles. The first-order valence-corrected chi connectivity index (χ1v) is 23.6. The van der Waals surface area contributed by atoms with Crippen LogP contribution in [0.4, 0.5) is 0 Å². The topological polar surface area (TPSA) is 78.9 Å². The van der Waals surface area contributed by atoms with Gasteiger partial charge in [-0.25, -0.2) is 0 Å². The number of allylic oxidation sites excluding steroid dienone is 14. The molecule has 0 aromatic heterocycles. The fourth-order valence-electron chi connectivity index (χ4n) is 6.07. The highest BCUT2D eigenvalue weighted by atomic mass is 16.6. The number of rotatable bonds is 41. The molecule has 1 atom stereocenters. The van der Waals surface area contributed by atoms with Gasteiger partial charge in [0.1, 0.15) is 13.2 Å². The van der Waals surface area contributed by atoms with Crippen LogP contribution in [-0.2, 0) is 28.6 Å². The summed E-state index contributed by atoms with van der Waals surface area (Å²) in [6, 6.07) is 0. The fraction of sp³-hybridized carbons (Fsp3) is 0.673. The number of carbonyl (C=O) groups excluding carboxylic acids is 3. The summed E-state index contributed by atoms with van der Waals surface area (Å²) in [6.07, 6.45) is 58.6. The average molecular weight is 807 g/mol. The van der Waals surface area contributed by atoms with Crippen molar-refractivity contribution in [1.29, 1.82) is 0 Å². The molecule has 0 radical (unpaired) electrons. The van der Waals surface area contributed by atoms with Crippen LogP contribution < -0.4 is 0 Å². The van der Waals surface area contributed by atoms with Gasteiger partial charge >= 0.3 is 17.9 Å². The Kier molecular flexibility index (Phi) is 43.6. The molecule has 0 N–H and O–H groups in total. The van der Waals surface area contributed by atoms with Gasteiger partial charge in [0.2, 0.25) is 0 Å². The predicted molar refractivity (Wildman–Crippen MR) is 247 cm³/mol. The van der Waals surface area contributed by atoms with E-state index < -0.39 is 12.1 Å². The third-order valence-electron chi connectivity index (χ3n) is 9.60. The lowest BCUT2D eigenvalue weighted by molar-refractivity contribution is -0.166. The van der Waals surface area contributed by atoms with Crippen molar-refractivity contribution in [2.45, 2.75) is 213 Å². The van der Waals surface area contributed by atoms with E-state index in [4.69, 9.17) is 14.2 Å². The van der Waals surface area contributed by atoms with Crippen LogP contribution in [0.2, 0.25) is 0 Å². The van der Waals surface area contributed by atoms with Gasteiger partial charge in [-0.1, -0.05) is 176 Å². The number of hydrogen-bond donors (Lipinski definition) is 0. The van der Waals surface area contributed by atoms with Gasteiger partial charge in [-0.15, -0.1) is 0 Å². The standard InChI is InChI=1S/C52H86O6/c1-4-7-10-13-16-19-22-25-28-30-33-36-39-42-45-51(54)57-48-49(58-52(55)46-43-40-37-34-31-27-24-21-18-15-12-9-6-3)47-56-50(53)44-41-38-35-32-29-26-23-20-17-14-11-8-5-2/h9,11-12,14,18,20-23,25,27,31,37,40,49H,4-8,10,13,15-17,19,24,26,28-30,32-36,38-39,41-48H2,1-3H3/b12-9-,14-11-,21-18-,23-20-,25-22-,31-27-,40-37-. The van der Waals surface area contributed by atoms with Crippen molar-refractivity contribution in [2.75, 3.05) is 13.2 Å². The number of esters is 3. The molecule has 0 fully saturated rings. The highest BCUT2D eigenvalue weighted by Gasteiger charge is 2.19. The second kappa shape index (κ2) is 46.3. The maximum absolute atomic E-state index is 12.7. The monoisotopic (exact) mass is 807 g/mol. The normalized spacial score (nSPS) is 12.8. The van der Waals surface area contributed by atoms with Gasteiger partial charge in [-0.2, -0.15) is 0 Å². The molecule has 0 aliphatic heterocycles. The summed E-state index contributed by atoms with van der Waals surface area (Å²) in [6.45, 7) is 6.34. The number of ether oxygens (including phenoxy) is 3. The molecule has 1 unspecified atom stereocenters. The molecule has 6 heteroatoms. The zero-order chi connectivity index (χ0) is 42.3. The summed E-state index contributed by atoms with van der Waals surface area (Å²) >= 11 is 0. The van der Waals surface area contributed by atoms with E-state index in [-0.39, 0.29) is 31.6 Å². The summed E-state index contributed by atoms with van der Waals surface area (Å²) < 4.78 is 16.6. The van der Waals surface area contributed by atoms with Crippen LogP contribution in [0.15, 0.2) is 85.1 Å². The quantitative estimate of drug-likeness (QED) is 0.0265. The van der Waals surface area contributed by atoms with Crippen LogP contribution in [0.5, 0.6) is 0 Å². The van der Waals surface area contributed by atoms with Crippen molar-refractivity contribution >= 4 is 17.9 Å². The molecule has 0 amide bonds. The zero-order valence-corrected chi connectivity index (χ0v) is 37.5.